The molecule has 1 fully saturated rings. The third-order valence-corrected chi connectivity index (χ3v) is 3.94. The van der Waals surface area contributed by atoms with E-state index in [1.54, 1.807) is 0 Å². The lowest BCUT2D eigenvalue weighted by Gasteiger charge is -2.13. The Morgan fingerprint density at radius 2 is 2.14 bits per heavy atom. The summed E-state index contributed by atoms with van der Waals surface area (Å²) in [6.07, 6.45) is 2.25. The van der Waals surface area contributed by atoms with Gasteiger partial charge in [0.15, 0.2) is 5.82 Å². The summed E-state index contributed by atoms with van der Waals surface area (Å²) in [5.74, 6) is 1.64. The van der Waals surface area contributed by atoms with Gasteiger partial charge in [0.25, 0.3) is 0 Å². The van der Waals surface area contributed by atoms with E-state index in [0.29, 0.717) is 31.1 Å². The number of likely N-dealkylation sites (tertiary alicyclic amines) is 1. The third kappa shape index (κ3) is 3.12. The van der Waals surface area contributed by atoms with Crippen LogP contribution in [0.25, 0.3) is 0 Å². The van der Waals surface area contributed by atoms with Gasteiger partial charge < -0.3 is 9.42 Å². The predicted octanol–water partition coefficient (Wildman–Crippen LogP) is 2.39. The first kappa shape index (κ1) is 13.8. The minimum absolute atomic E-state index is 0.108. The Labute approximate surface area is 124 Å². The number of benzene rings is 1. The largest absolute Gasteiger partial charge is 0.342 e. The van der Waals surface area contributed by atoms with Crippen LogP contribution in [0.4, 0.5) is 0 Å². The van der Waals surface area contributed by atoms with Crippen molar-refractivity contribution in [3.63, 3.8) is 0 Å². The normalized spacial score (nSPS) is 16.4. The second kappa shape index (κ2) is 6.08. The Morgan fingerprint density at radius 3 is 2.86 bits per heavy atom. The smallest absolute Gasteiger partial charge is 0.228 e. The van der Waals surface area contributed by atoms with Crippen molar-refractivity contribution >= 4 is 5.91 Å². The van der Waals surface area contributed by atoms with Crippen molar-refractivity contribution in [3.8, 4) is 0 Å². The van der Waals surface area contributed by atoms with Crippen molar-refractivity contribution in [2.45, 2.75) is 32.1 Å². The number of hydrogen-bond acceptors (Lipinski definition) is 4. The van der Waals surface area contributed by atoms with Crippen LogP contribution < -0.4 is 0 Å². The standard InChI is InChI=1S/C16H19N3O2/c1-12(13-6-3-2-4-7-13)16-17-14(21-18-16)9-11-19-10-5-8-15(19)20/h2-4,6-7,12H,5,8-11H2,1H3. The van der Waals surface area contributed by atoms with E-state index in [1.807, 2.05) is 23.1 Å². The van der Waals surface area contributed by atoms with Crippen LogP contribution in [0.15, 0.2) is 34.9 Å². The van der Waals surface area contributed by atoms with E-state index < -0.39 is 0 Å². The summed E-state index contributed by atoms with van der Waals surface area (Å²) < 4.78 is 5.30. The molecule has 0 radical (unpaired) electrons. The van der Waals surface area contributed by atoms with Crippen LogP contribution in [0.5, 0.6) is 0 Å². The second-order valence-corrected chi connectivity index (χ2v) is 5.41. The van der Waals surface area contributed by atoms with Crippen LogP contribution in [0.2, 0.25) is 0 Å². The average Bonchev–Trinajstić information content (AvgIpc) is 3.14. The van der Waals surface area contributed by atoms with E-state index in [9.17, 15) is 4.79 Å². The van der Waals surface area contributed by atoms with E-state index in [-0.39, 0.29) is 11.8 Å². The highest BCUT2D eigenvalue weighted by Crippen LogP contribution is 2.21. The minimum Gasteiger partial charge on any atom is -0.342 e. The highest BCUT2D eigenvalue weighted by Gasteiger charge is 2.21. The number of carbonyl (C=O) groups excluding carboxylic acids is 1. The number of nitrogens with zero attached hydrogens (tertiary/aromatic N) is 3. The van der Waals surface area contributed by atoms with Crippen LogP contribution in [0.3, 0.4) is 0 Å². The molecule has 0 saturated carbocycles. The lowest BCUT2D eigenvalue weighted by molar-refractivity contribution is -0.127. The molecule has 1 aliphatic rings. The van der Waals surface area contributed by atoms with Gasteiger partial charge >= 0.3 is 0 Å². The lowest BCUT2D eigenvalue weighted by atomic mass is 10.0. The molecule has 5 heteroatoms. The van der Waals surface area contributed by atoms with Gasteiger partial charge in [-0.25, -0.2) is 0 Å². The number of aromatic nitrogens is 2. The molecule has 2 aromatic rings. The van der Waals surface area contributed by atoms with E-state index in [2.05, 4.69) is 29.2 Å². The Bertz CT molecular complexity index is 609. The number of rotatable bonds is 5. The van der Waals surface area contributed by atoms with Crippen LogP contribution in [-0.2, 0) is 11.2 Å². The molecule has 0 N–H and O–H groups in total. The molecule has 1 aromatic carbocycles. The summed E-state index contributed by atoms with van der Waals surface area (Å²) in [6, 6.07) is 10.1. The number of carbonyl (C=O) groups is 1. The summed E-state index contributed by atoms with van der Waals surface area (Å²) in [5, 5.41) is 4.07. The minimum atomic E-state index is 0.108. The fourth-order valence-electron chi connectivity index (χ4n) is 2.61. The maximum Gasteiger partial charge on any atom is 0.228 e. The number of amides is 1. The quantitative estimate of drug-likeness (QED) is 0.846. The van der Waals surface area contributed by atoms with Gasteiger partial charge in [0.2, 0.25) is 11.8 Å². The van der Waals surface area contributed by atoms with Crippen LogP contribution in [-0.4, -0.2) is 34.0 Å². The molecule has 0 aliphatic carbocycles. The molecule has 1 unspecified atom stereocenters. The van der Waals surface area contributed by atoms with Gasteiger partial charge in [-0.1, -0.05) is 42.4 Å². The van der Waals surface area contributed by atoms with Gasteiger partial charge in [-0.3, -0.25) is 4.79 Å². The topological polar surface area (TPSA) is 59.2 Å². The second-order valence-electron chi connectivity index (χ2n) is 5.41. The zero-order chi connectivity index (χ0) is 14.7. The van der Waals surface area contributed by atoms with E-state index in [4.69, 9.17) is 4.52 Å². The van der Waals surface area contributed by atoms with Gasteiger partial charge in [-0.2, -0.15) is 4.98 Å². The van der Waals surface area contributed by atoms with E-state index in [1.165, 1.54) is 5.56 Å². The van der Waals surface area contributed by atoms with Crippen molar-refractivity contribution in [2.75, 3.05) is 13.1 Å². The molecular formula is C16H19N3O2. The van der Waals surface area contributed by atoms with Crippen LogP contribution in [0.1, 0.15) is 43.0 Å². The highest BCUT2D eigenvalue weighted by molar-refractivity contribution is 5.78. The fraction of sp³-hybridized carbons (Fsp3) is 0.438. The molecule has 1 aliphatic heterocycles. The molecule has 21 heavy (non-hydrogen) atoms. The summed E-state index contributed by atoms with van der Waals surface area (Å²) in [5.41, 5.74) is 1.17. The van der Waals surface area contributed by atoms with Crippen LogP contribution >= 0.6 is 0 Å². The molecule has 2 heterocycles. The SMILES string of the molecule is CC(c1ccccc1)c1noc(CCN2CCCC2=O)n1. The summed E-state index contributed by atoms with van der Waals surface area (Å²) >= 11 is 0. The monoisotopic (exact) mass is 285 g/mol. The van der Waals surface area contributed by atoms with Crippen molar-refractivity contribution in [3.05, 3.63) is 47.6 Å². The molecule has 1 aromatic heterocycles. The number of hydrogen-bond donors (Lipinski definition) is 0. The summed E-state index contributed by atoms with van der Waals surface area (Å²) in [4.78, 5) is 17.9. The molecular weight excluding hydrogens is 266 g/mol. The van der Waals surface area contributed by atoms with Gasteiger partial charge in [0, 0.05) is 31.8 Å². The van der Waals surface area contributed by atoms with E-state index in [0.717, 1.165) is 13.0 Å². The fourth-order valence-corrected chi connectivity index (χ4v) is 2.61. The van der Waals surface area contributed by atoms with Crippen molar-refractivity contribution < 1.29 is 9.32 Å². The first-order valence-corrected chi connectivity index (χ1v) is 7.39. The van der Waals surface area contributed by atoms with Gasteiger partial charge in [-0.05, 0) is 12.0 Å². The Balaban J connectivity index is 1.62. The maximum absolute atomic E-state index is 11.6. The predicted molar refractivity (Wildman–Crippen MR) is 77.8 cm³/mol. The molecule has 5 nitrogen and oxygen atoms in total. The molecule has 0 spiro atoms. The van der Waals surface area contributed by atoms with Gasteiger partial charge in [-0.15, -0.1) is 0 Å². The molecule has 3 rings (SSSR count). The first-order valence-electron chi connectivity index (χ1n) is 7.39. The lowest BCUT2D eigenvalue weighted by Crippen LogP contribution is -2.26. The zero-order valence-electron chi connectivity index (χ0n) is 12.2. The maximum atomic E-state index is 11.6. The van der Waals surface area contributed by atoms with Crippen molar-refractivity contribution in [1.82, 2.24) is 15.0 Å². The van der Waals surface area contributed by atoms with Crippen molar-refractivity contribution in [1.29, 1.82) is 0 Å². The Morgan fingerprint density at radius 1 is 1.33 bits per heavy atom. The molecule has 110 valence electrons. The molecule has 1 atom stereocenters. The third-order valence-electron chi connectivity index (χ3n) is 3.94. The Kier molecular flexibility index (Phi) is 3.99. The highest BCUT2D eigenvalue weighted by atomic mass is 16.5. The summed E-state index contributed by atoms with van der Waals surface area (Å²) in [6.45, 7) is 3.58. The molecule has 1 amide bonds. The zero-order valence-corrected chi connectivity index (χ0v) is 12.2. The Hall–Kier alpha value is -2.17. The van der Waals surface area contributed by atoms with E-state index >= 15 is 0 Å². The average molecular weight is 285 g/mol. The summed E-state index contributed by atoms with van der Waals surface area (Å²) in [7, 11) is 0. The van der Waals surface area contributed by atoms with Gasteiger partial charge in [0.1, 0.15) is 0 Å². The van der Waals surface area contributed by atoms with Crippen LogP contribution in [0, 0.1) is 0 Å². The molecule has 1 saturated heterocycles. The van der Waals surface area contributed by atoms with Crippen molar-refractivity contribution in [2.24, 2.45) is 0 Å². The van der Waals surface area contributed by atoms with Gasteiger partial charge in [0.05, 0.1) is 0 Å². The first-order chi connectivity index (χ1) is 10.2. The molecule has 0 bridgehead atoms.